The van der Waals surface area contributed by atoms with E-state index in [0.29, 0.717) is 5.69 Å². The maximum absolute atomic E-state index is 12.1. The Morgan fingerprint density at radius 3 is 2.35 bits per heavy atom. The second-order valence-electron chi connectivity index (χ2n) is 4.73. The van der Waals surface area contributed by atoms with Gasteiger partial charge in [0.2, 0.25) is 5.88 Å². The van der Waals surface area contributed by atoms with E-state index in [0.717, 1.165) is 0 Å². The maximum Gasteiger partial charge on any atom is 0.325 e. The summed E-state index contributed by atoms with van der Waals surface area (Å²) in [6.45, 7) is 0. The average Bonchev–Trinajstić information content (AvgIpc) is 2.56. The van der Waals surface area contributed by atoms with E-state index in [1.807, 2.05) is 24.3 Å². The summed E-state index contributed by atoms with van der Waals surface area (Å²) in [5.41, 5.74) is 6.34. The van der Waals surface area contributed by atoms with Crippen LogP contribution in [0.25, 0.3) is 5.69 Å². The van der Waals surface area contributed by atoms with Gasteiger partial charge < -0.3 is 10.8 Å². The zero-order valence-electron chi connectivity index (χ0n) is 12.0. The molecule has 23 heavy (non-hydrogen) atoms. The Morgan fingerprint density at radius 2 is 1.65 bits per heavy atom. The Kier molecular flexibility index (Phi) is 3.84. The number of hydrogen-bond acceptors (Lipinski definition) is 5. The first-order valence-electron chi connectivity index (χ1n) is 6.85. The molecule has 1 aromatic carbocycles. The lowest BCUT2D eigenvalue weighted by Gasteiger charge is -2.04. The molecule has 0 aliphatic carbocycles. The Bertz CT molecular complexity index is 905. The molecular weight excluding hydrogens is 294 g/mol. The van der Waals surface area contributed by atoms with E-state index in [4.69, 9.17) is 5.73 Å². The summed E-state index contributed by atoms with van der Waals surface area (Å²) in [4.78, 5) is 14.4. The standard InChI is InChI=1S/C16H13N5O2/c17-12-13(20-19-11-7-3-1-4-8-11)15(22)18-16(23)14(12)21-9-5-2-6-10-21/h1-10H,(H3-,17,18,19,22,23)/p+1. The first-order valence-corrected chi connectivity index (χ1v) is 6.85. The highest BCUT2D eigenvalue weighted by molar-refractivity contribution is 5.73. The molecule has 0 saturated carbocycles. The third-order valence-corrected chi connectivity index (χ3v) is 3.18. The van der Waals surface area contributed by atoms with Crippen LogP contribution in [0.3, 0.4) is 0 Å². The molecule has 0 spiro atoms. The molecule has 0 amide bonds. The lowest BCUT2D eigenvalue weighted by molar-refractivity contribution is -0.596. The molecule has 2 aromatic heterocycles. The van der Waals surface area contributed by atoms with Gasteiger partial charge in [-0.2, -0.15) is 9.68 Å². The smallest absolute Gasteiger partial charge is 0.325 e. The van der Waals surface area contributed by atoms with Crippen LogP contribution in [-0.4, -0.2) is 10.1 Å². The summed E-state index contributed by atoms with van der Waals surface area (Å²) in [5.74, 6) is -0.424. The Hall–Kier alpha value is -3.48. The number of aromatic amines is 1. The molecule has 0 atom stereocenters. The van der Waals surface area contributed by atoms with Crippen molar-refractivity contribution in [3.63, 3.8) is 0 Å². The number of nitrogens with two attached hydrogens (primary N) is 1. The SMILES string of the molecule is Nc1c(N=Nc2ccccc2)c(O)[nH]c(=O)c1-[n+]1ccccc1. The van der Waals surface area contributed by atoms with Gasteiger partial charge in [0.15, 0.2) is 18.1 Å². The van der Waals surface area contributed by atoms with E-state index in [-0.39, 0.29) is 17.1 Å². The number of aromatic hydroxyl groups is 1. The van der Waals surface area contributed by atoms with Crippen molar-refractivity contribution in [1.29, 1.82) is 0 Å². The predicted molar refractivity (Wildman–Crippen MR) is 85.3 cm³/mol. The summed E-state index contributed by atoms with van der Waals surface area (Å²) in [5, 5.41) is 17.9. The van der Waals surface area contributed by atoms with Gasteiger partial charge in [0.1, 0.15) is 5.69 Å². The van der Waals surface area contributed by atoms with E-state index < -0.39 is 11.4 Å². The minimum Gasteiger partial charge on any atom is -0.493 e. The van der Waals surface area contributed by atoms with Crippen LogP contribution in [-0.2, 0) is 0 Å². The molecule has 7 heteroatoms. The lowest BCUT2D eigenvalue weighted by atomic mass is 10.3. The summed E-state index contributed by atoms with van der Waals surface area (Å²) in [6, 6.07) is 14.3. The zero-order valence-corrected chi connectivity index (χ0v) is 12.0. The fourth-order valence-electron chi connectivity index (χ4n) is 2.10. The van der Waals surface area contributed by atoms with Crippen molar-refractivity contribution in [2.24, 2.45) is 10.2 Å². The van der Waals surface area contributed by atoms with E-state index in [1.165, 1.54) is 0 Å². The van der Waals surface area contributed by atoms with E-state index in [2.05, 4.69) is 15.2 Å². The monoisotopic (exact) mass is 308 g/mol. The van der Waals surface area contributed by atoms with Gasteiger partial charge in [-0.25, -0.2) is 0 Å². The van der Waals surface area contributed by atoms with Crippen LogP contribution in [0.4, 0.5) is 17.1 Å². The van der Waals surface area contributed by atoms with Gasteiger partial charge in [-0.05, 0) is 12.1 Å². The number of nitrogens with zero attached hydrogens (tertiary/aromatic N) is 3. The third-order valence-electron chi connectivity index (χ3n) is 3.18. The van der Waals surface area contributed by atoms with E-state index in [9.17, 15) is 9.90 Å². The Morgan fingerprint density at radius 1 is 1.00 bits per heavy atom. The second-order valence-corrected chi connectivity index (χ2v) is 4.73. The van der Waals surface area contributed by atoms with Gasteiger partial charge >= 0.3 is 11.2 Å². The normalized spacial score (nSPS) is 11.0. The Labute approximate surface area is 131 Å². The molecule has 3 aromatic rings. The fraction of sp³-hybridized carbons (Fsp3) is 0. The maximum atomic E-state index is 12.1. The van der Waals surface area contributed by atoms with Crippen molar-refractivity contribution >= 4 is 17.1 Å². The van der Waals surface area contributed by atoms with Crippen molar-refractivity contribution in [2.45, 2.75) is 0 Å². The van der Waals surface area contributed by atoms with Crippen LogP contribution in [0.2, 0.25) is 0 Å². The highest BCUT2D eigenvalue weighted by atomic mass is 16.3. The molecule has 3 rings (SSSR count). The van der Waals surface area contributed by atoms with Crippen molar-refractivity contribution < 1.29 is 9.67 Å². The van der Waals surface area contributed by atoms with Gasteiger partial charge in [-0.3, -0.25) is 9.78 Å². The van der Waals surface area contributed by atoms with Gasteiger partial charge in [-0.15, -0.1) is 5.11 Å². The van der Waals surface area contributed by atoms with E-state index in [1.54, 1.807) is 41.2 Å². The van der Waals surface area contributed by atoms with Crippen LogP contribution >= 0.6 is 0 Å². The van der Waals surface area contributed by atoms with E-state index >= 15 is 0 Å². The van der Waals surface area contributed by atoms with Crippen LogP contribution < -0.4 is 15.9 Å². The van der Waals surface area contributed by atoms with Gasteiger partial charge in [-0.1, -0.05) is 24.3 Å². The molecule has 0 unspecified atom stereocenters. The molecule has 0 saturated heterocycles. The Balaban J connectivity index is 2.12. The number of anilines is 1. The number of pyridine rings is 2. The first-order chi connectivity index (χ1) is 11.2. The van der Waals surface area contributed by atoms with Crippen LogP contribution in [0.5, 0.6) is 5.88 Å². The van der Waals surface area contributed by atoms with Crippen molar-refractivity contribution in [1.82, 2.24) is 4.98 Å². The second kappa shape index (κ2) is 6.10. The molecule has 7 nitrogen and oxygen atoms in total. The quantitative estimate of drug-likeness (QED) is 0.510. The number of azo groups is 1. The van der Waals surface area contributed by atoms with Crippen molar-refractivity contribution in [2.75, 3.05) is 5.73 Å². The molecule has 2 heterocycles. The topological polar surface area (TPSA) is 108 Å². The van der Waals surface area contributed by atoms with Crippen LogP contribution in [0.15, 0.2) is 75.9 Å². The fourth-order valence-corrected chi connectivity index (χ4v) is 2.10. The number of aromatic nitrogens is 2. The van der Waals surface area contributed by atoms with Crippen LogP contribution in [0, 0.1) is 0 Å². The summed E-state index contributed by atoms with van der Waals surface area (Å²) in [7, 11) is 0. The predicted octanol–water partition coefficient (Wildman–Crippen LogP) is 2.35. The molecule has 114 valence electrons. The molecule has 0 radical (unpaired) electrons. The number of benzene rings is 1. The molecule has 4 N–H and O–H groups in total. The molecule has 0 aliphatic rings. The van der Waals surface area contributed by atoms with Gasteiger partial charge in [0.25, 0.3) is 0 Å². The average molecular weight is 308 g/mol. The minimum absolute atomic E-state index is 0.0137. The first kappa shape index (κ1) is 14.5. The summed E-state index contributed by atoms with van der Waals surface area (Å²) >= 11 is 0. The summed E-state index contributed by atoms with van der Waals surface area (Å²) in [6.07, 6.45) is 3.35. The highest BCUT2D eigenvalue weighted by Gasteiger charge is 2.22. The molecular formula is C16H14N5O2+. The zero-order chi connectivity index (χ0) is 16.2. The number of rotatable bonds is 3. The van der Waals surface area contributed by atoms with Crippen molar-refractivity contribution in [3.05, 3.63) is 71.3 Å². The number of hydrogen-bond donors (Lipinski definition) is 3. The third kappa shape index (κ3) is 2.93. The number of H-pyrrole nitrogens is 1. The summed E-state index contributed by atoms with van der Waals surface area (Å²) < 4.78 is 1.55. The van der Waals surface area contributed by atoms with Gasteiger partial charge in [0.05, 0.1) is 5.69 Å². The van der Waals surface area contributed by atoms with Crippen LogP contribution in [0.1, 0.15) is 0 Å². The largest absolute Gasteiger partial charge is 0.493 e. The lowest BCUT2D eigenvalue weighted by Crippen LogP contribution is -2.37. The molecule has 0 fully saturated rings. The van der Waals surface area contributed by atoms with Gasteiger partial charge in [0, 0.05) is 12.1 Å². The highest BCUT2D eigenvalue weighted by Crippen LogP contribution is 2.32. The minimum atomic E-state index is -0.519. The molecule has 0 aliphatic heterocycles. The molecule has 0 bridgehead atoms. The number of nitrogen functional groups attached to an aromatic ring is 1. The number of nitrogens with one attached hydrogen (secondary N) is 1. The van der Waals surface area contributed by atoms with Crippen molar-refractivity contribution in [3.8, 4) is 11.6 Å².